The van der Waals surface area contributed by atoms with E-state index in [1.54, 1.807) is 6.07 Å². The molecular weight excluding hydrogens is 331 g/mol. The number of nitrogens with zero attached hydrogens (tertiary/aromatic N) is 1. The molecule has 3 amide bonds. The van der Waals surface area contributed by atoms with Crippen LogP contribution in [0.1, 0.15) is 28.8 Å². The largest absolute Gasteiger partial charge is 0.322 e. The molecule has 0 radical (unpaired) electrons. The van der Waals surface area contributed by atoms with Crippen molar-refractivity contribution in [3.63, 3.8) is 0 Å². The Bertz CT molecular complexity index is 647. The van der Waals surface area contributed by atoms with Gasteiger partial charge in [-0.2, -0.15) is 0 Å². The average Bonchev–Trinajstić information content (AvgIpc) is 2.72. The van der Waals surface area contributed by atoms with Crippen LogP contribution in [0.3, 0.4) is 0 Å². The van der Waals surface area contributed by atoms with Gasteiger partial charge in [0.2, 0.25) is 11.8 Å². The molecule has 104 valence electrons. The van der Waals surface area contributed by atoms with Crippen molar-refractivity contribution in [1.29, 1.82) is 0 Å². The van der Waals surface area contributed by atoms with E-state index in [-0.39, 0.29) is 34.8 Å². The zero-order valence-electron chi connectivity index (χ0n) is 10.3. The lowest BCUT2D eigenvalue weighted by Gasteiger charge is -2.29. The molecule has 3 rings (SSSR count). The number of fused-ring (bicyclic) bond motifs is 1. The van der Waals surface area contributed by atoms with Crippen LogP contribution in [0.4, 0.5) is 4.39 Å². The molecule has 1 aromatic carbocycles. The molecule has 2 aliphatic heterocycles. The van der Waals surface area contributed by atoms with E-state index >= 15 is 0 Å². The van der Waals surface area contributed by atoms with Gasteiger partial charge in [0.25, 0.3) is 5.91 Å². The van der Waals surface area contributed by atoms with Gasteiger partial charge in [0, 0.05) is 13.0 Å². The van der Waals surface area contributed by atoms with Crippen LogP contribution in [-0.4, -0.2) is 28.7 Å². The Balaban J connectivity index is 1.93. The monoisotopic (exact) mass is 340 g/mol. The molecule has 1 atom stereocenters. The maximum absolute atomic E-state index is 13.5. The SMILES string of the molecule is O=C1CCC(N2Cc3ccc(F)c(Br)c3C2=O)C(=O)N1. The second kappa shape index (κ2) is 4.66. The van der Waals surface area contributed by atoms with E-state index in [9.17, 15) is 18.8 Å². The number of carbonyl (C=O) groups is 3. The van der Waals surface area contributed by atoms with Crippen LogP contribution in [0.15, 0.2) is 16.6 Å². The maximum atomic E-state index is 13.5. The standard InChI is InChI=1S/C13H10BrFN2O3/c14-11-7(15)2-1-6-5-17(13(20)10(6)11)8-3-4-9(18)16-12(8)19/h1-2,8H,3-5H2,(H,16,18,19). The number of nitrogens with one attached hydrogen (secondary N) is 1. The third-order valence-corrected chi connectivity index (χ3v) is 4.36. The molecule has 0 saturated carbocycles. The van der Waals surface area contributed by atoms with Gasteiger partial charge < -0.3 is 4.90 Å². The van der Waals surface area contributed by atoms with E-state index in [1.807, 2.05) is 0 Å². The van der Waals surface area contributed by atoms with E-state index in [1.165, 1.54) is 11.0 Å². The number of carbonyl (C=O) groups excluding carboxylic acids is 3. The molecule has 1 N–H and O–H groups in total. The molecule has 20 heavy (non-hydrogen) atoms. The van der Waals surface area contributed by atoms with Crippen LogP contribution < -0.4 is 5.32 Å². The molecule has 0 bridgehead atoms. The van der Waals surface area contributed by atoms with E-state index in [4.69, 9.17) is 0 Å². The highest BCUT2D eigenvalue weighted by atomic mass is 79.9. The number of benzene rings is 1. The van der Waals surface area contributed by atoms with E-state index in [0.29, 0.717) is 12.0 Å². The second-order valence-electron chi connectivity index (χ2n) is 4.80. The van der Waals surface area contributed by atoms with Gasteiger partial charge in [-0.3, -0.25) is 19.7 Å². The van der Waals surface area contributed by atoms with Crippen LogP contribution in [0.2, 0.25) is 0 Å². The van der Waals surface area contributed by atoms with Gasteiger partial charge in [0.15, 0.2) is 0 Å². The molecule has 1 aromatic rings. The predicted octanol–water partition coefficient (Wildman–Crippen LogP) is 1.35. The summed E-state index contributed by atoms with van der Waals surface area (Å²) in [6.07, 6.45) is 0.497. The Morgan fingerprint density at radius 2 is 2.05 bits per heavy atom. The molecule has 2 aliphatic rings. The summed E-state index contributed by atoms with van der Waals surface area (Å²) < 4.78 is 13.6. The highest BCUT2D eigenvalue weighted by Crippen LogP contribution is 2.33. The number of halogens is 2. The summed E-state index contributed by atoms with van der Waals surface area (Å²) >= 11 is 3.07. The zero-order chi connectivity index (χ0) is 14.4. The summed E-state index contributed by atoms with van der Waals surface area (Å²) in [4.78, 5) is 36.7. The number of hydrogen-bond acceptors (Lipinski definition) is 3. The Morgan fingerprint density at radius 3 is 2.75 bits per heavy atom. The normalized spacial score (nSPS) is 22.0. The Morgan fingerprint density at radius 1 is 1.30 bits per heavy atom. The number of rotatable bonds is 1. The van der Waals surface area contributed by atoms with Gasteiger partial charge in [-0.15, -0.1) is 0 Å². The minimum Gasteiger partial charge on any atom is -0.322 e. The lowest BCUT2D eigenvalue weighted by molar-refractivity contribution is -0.136. The van der Waals surface area contributed by atoms with Crippen molar-refractivity contribution in [1.82, 2.24) is 10.2 Å². The maximum Gasteiger partial charge on any atom is 0.256 e. The first-order valence-corrected chi connectivity index (χ1v) is 6.90. The first-order chi connectivity index (χ1) is 9.49. The van der Waals surface area contributed by atoms with Gasteiger partial charge in [0.05, 0.1) is 10.0 Å². The van der Waals surface area contributed by atoms with Crippen molar-refractivity contribution in [3.8, 4) is 0 Å². The van der Waals surface area contributed by atoms with Gasteiger partial charge in [0.1, 0.15) is 11.9 Å². The van der Waals surface area contributed by atoms with Crippen molar-refractivity contribution in [2.75, 3.05) is 0 Å². The minimum atomic E-state index is -0.678. The van der Waals surface area contributed by atoms with Gasteiger partial charge in [-0.1, -0.05) is 6.07 Å². The zero-order valence-corrected chi connectivity index (χ0v) is 11.9. The third-order valence-electron chi connectivity index (χ3n) is 3.58. The molecule has 0 aliphatic carbocycles. The summed E-state index contributed by atoms with van der Waals surface area (Å²) in [6.45, 7) is 0.249. The highest BCUT2D eigenvalue weighted by molar-refractivity contribution is 9.10. The number of piperidine rings is 1. The number of amides is 3. The first-order valence-electron chi connectivity index (χ1n) is 6.10. The summed E-state index contributed by atoms with van der Waals surface area (Å²) in [5.74, 6) is -1.70. The third kappa shape index (κ3) is 1.93. The number of imide groups is 1. The predicted molar refractivity (Wildman–Crippen MR) is 70.1 cm³/mol. The number of hydrogen-bond donors (Lipinski definition) is 1. The van der Waals surface area contributed by atoms with Crippen LogP contribution >= 0.6 is 15.9 Å². The molecule has 1 unspecified atom stereocenters. The molecular formula is C13H10BrFN2O3. The van der Waals surface area contributed by atoms with Crippen molar-refractivity contribution >= 4 is 33.7 Å². The quantitative estimate of drug-likeness (QED) is 0.785. The molecule has 1 saturated heterocycles. The molecule has 2 heterocycles. The molecule has 5 nitrogen and oxygen atoms in total. The van der Waals surface area contributed by atoms with E-state index in [2.05, 4.69) is 21.2 Å². The topological polar surface area (TPSA) is 66.5 Å². The fraction of sp³-hybridized carbons (Fsp3) is 0.308. The smallest absolute Gasteiger partial charge is 0.256 e. The minimum absolute atomic E-state index is 0.120. The highest BCUT2D eigenvalue weighted by Gasteiger charge is 2.40. The Kier molecular flexibility index (Phi) is 3.08. The van der Waals surface area contributed by atoms with E-state index < -0.39 is 17.8 Å². The van der Waals surface area contributed by atoms with Crippen molar-refractivity contribution < 1.29 is 18.8 Å². The molecule has 1 fully saturated rings. The van der Waals surface area contributed by atoms with Crippen LogP contribution in [0.25, 0.3) is 0 Å². The van der Waals surface area contributed by atoms with Gasteiger partial charge >= 0.3 is 0 Å². The lowest BCUT2D eigenvalue weighted by atomic mass is 10.0. The van der Waals surface area contributed by atoms with Crippen molar-refractivity contribution in [2.24, 2.45) is 0 Å². The van der Waals surface area contributed by atoms with Crippen LogP contribution in [-0.2, 0) is 16.1 Å². The lowest BCUT2D eigenvalue weighted by Crippen LogP contribution is -2.52. The fourth-order valence-corrected chi connectivity index (χ4v) is 3.14. The molecule has 0 aromatic heterocycles. The summed E-state index contributed by atoms with van der Waals surface area (Å²) in [7, 11) is 0. The molecule has 0 spiro atoms. The average molecular weight is 341 g/mol. The van der Waals surface area contributed by atoms with Crippen LogP contribution in [0, 0.1) is 5.82 Å². The summed E-state index contributed by atoms with van der Waals surface area (Å²) in [5.41, 5.74) is 0.933. The van der Waals surface area contributed by atoms with Crippen LogP contribution in [0.5, 0.6) is 0 Å². The Hall–Kier alpha value is -1.76. The molecule has 7 heteroatoms. The van der Waals surface area contributed by atoms with E-state index in [0.717, 1.165) is 0 Å². The fourth-order valence-electron chi connectivity index (χ4n) is 2.58. The summed E-state index contributed by atoms with van der Waals surface area (Å²) in [6, 6.07) is 2.14. The Labute approximate surface area is 122 Å². The van der Waals surface area contributed by atoms with Gasteiger partial charge in [-0.05, 0) is 34.0 Å². The van der Waals surface area contributed by atoms with Gasteiger partial charge in [-0.25, -0.2) is 4.39 Å². The second-order valence-corrected chi connectivity index (χ2v) is 5.59. The first kappa shape index (κ1) is 13.2. The van der Waals surface area contributed by atoms with Crippen molar-refractivity contribution in [2.45, 2.75) is 25.4 Å². The van der Waals surface area contributed by atoms with Crippen molar-refractivity contribution in [3.05, 3.63) is 33.5 Å². The summed E-state index contributed by atoms with van der Waals surface area (Å²) in [5, 5.41) is 2.22.